The summed E-state index contributed by atoms with van der Waals surface area (Å²) in [6, 6.07) is 23.2. The van der Waals surface area contributed by atoms with E-state index in [1.807, 2.05) is 67.6 Å². The van der Waals surface area contributed by atoms with Crippen LogP contribution in [-0.2, 0) is 5.54 Å². The topological polar surface area (TPSA) is 56.8 Å². The fourth-order valence-electron chi connectivity index (χ4n) is 3.56. The maximum Gasteiger partial charge on any atom is 0.252 e. The highest BCUT2D eigenvalue weighted by Gasteiger charge is 2.32. The van der Waals surface area contributed by atoms with Gasteiger partial charge in [-0.1, -0.05) is 60.7 Å². The third kappa shape index (κ3) is 3.63. The number of nitrogens with one attached hydrogen (secondary N) is 1. The van der Waals surface area contributed by atoms with E-state index in [4.69, 9.17) is 14.2 Å². The van der Waals surface area contributed by atoms with Crippen LogP contribution >= 0.6 is 0 Å². The molecule has 1 heterocycles. The Balaban J connectivity index is 1.73. The Kier molecular flexibility index (Phi) is 5.12. The second-order valence-corrected chi connectivity index (χ2v) is 7.01. The minimum Gasteiger partial charge on any atom is -0.493 e. The van der Waals surface area contributed by atoms with Crippen molar-refractivity contribution in [3.05, 3.63) is 89.5 Å². The van der Waals surface area contributed by atoms with Crippen molar-refractivity contribution in [2.75, 3.05) is 20.3 Å². The molecule has 0 aliphatic carbocycles. The molecule has 0 bridgehead atoms. The smallest absolute Gasteiger partial charge is 0.252 e. The Morgan fingerprint density at radius 1 is 0.931 bits per heavy atom. The molecule has 3 aromatic rings. The van der Waals surface area contributed by atoms with E-state index in [1.54, 1.807) is 19.2 Å². The van der Waals surface area contributed by atoms with Crippen molar-refractivity contribution in [3.8, 4) is 17.2 Å². The van der Waals surface area contributed by atoms with E-state index >= 15 is 0 Å². The zero-order valence-electron chi connectivity index (χ0n) is 16.5. The summed E-state index contributed by atoms with van der Waals surface area (Å²) in [5.41, 5.74) is 1.72. The zero-order chi connectivity index (χ0) is 20.3. The van der Waals surface area contributed by atoms with E-state index in [9.17, 15) is 4.79 Å². The molecule has 0 spiro atoms. The molecule has 148 valence electrons. The van der Waals surface area contributed by atoms with Crippen LogP contribution in [0.1, 0.15) is 28.4 Å². The van der Waals surface area contributed by atoms with Crippen molar-refractivity contribution in [1.82, 2.24) is 5.32 Å². The molecule has 0 radical (unpaired) electrons. The van der Waals surface area contributed by atoms with Gasteiger partial charge in [-0.25, -0.2) is 0 Å². The number of benzene rings is 3. The second kappa shape index (κ2) is 7.87. The molecule has 29 heavy (non-hydrogen) atoms. The molecule has 0 atom stereocenters. The third-order valence-corrected chi connectivity index (χ3v) is 5.16. The van der Waals surface area contributed by atoms with E-state index in [2.05, 4.69) is 5.32 Å². The molecule has 0 aromatic heterocycles. The molecule has 0 saturated heterocycles. The summed E-state index contributed by atoms with van der Waals surface area (Å²) in [7, 11) is 1.55. The number of amides is 1. The molecule has 1 N–H and O–H groups in total. The third-order valence-electron chi connectivity index (χ3n) is 5.16. The minimum atomic E-state index is -0.708. The van der Waals surface area contributed by atoms with Gasteiger partial charge in [-0.2, -0.15) is 0 Å². The molecule has 3 aromatic carbocycles. The minimum absolute atomic E-state index is 0.226. The highest BCUT2D eigenvalue weighted by molar-refractivity contribution is 5.96. The molecule has 1 amide bonds. The molecule has 1 aliphatic heterocycles. The molecule has 0 unspecified atom stereocenters. The number of rotatable bonds is 5. The normalized spacial score (nSPS) is 12.9. The molecular formula is C24H23NO4. The average molecular weight is 389 g/mol. The molecule has 1 aliphatic rings. The quantitative estimate of drug-likeness (QED) is 0.712. The van der Waals surface area contributed by atoms with Crippen molar-refractivity contribution in [2.24, 2.45) is 0 Å². The highest BCUT2D eigenvalue weighted by atomic mass is 16.6. The molecule has 4 rings (SSSR count). The van der Waals surface area contributed by atoms with Gasteiger partial charge >= 0.3 is 0 Å². The Morgan fingerprint density at radius 3 is 2.10 bits per heavy atom. The van der Waals surface area contributed by atoms with Gasteiger partial charge in [-0.3, -0.25) is 4.79 Å². The lowest BCUT2D eigenvalue weighted by Gasteiger charge is -2.32. The summed E-state index contributed by atoms with van der Waals surface area (Å²) in [4.78, 5) is 13.3. The van der Waals surface area contributed by atoms with Crippen LogP contribution in [-0.4, -0.2) is 26.2 Å². The van der Waals surface area contributed by atoms with Gasteiger partial charge in [-0.15, -0.1) is 0 Å². The van der Waals surface area contributed by atoms with Crippen LogP contribution in [0, 0.1) is 0 Å². The Hall–Kier alpha value is -3.47. The first-order valence-corrected chi connectivity index (χ1v) is 9.53. The predicted molar refractivity (Wildman–Crippen MR) is 111 cm³/mol. The zero-order valence-corrected chi connectivity index (χ0v) is 16.5. The lowest BCUT2D eigenvalue weighted by atomic mass is 9.84. The van der Waals surface area contributed by atoms with Crippen LogP contribution in [0.4, 0.5) is 0 Å². The number of carbonyl (C=O) groups is 1. The van der Waals surface area contributed by atoms with E-state index in [0.717, 1.165) is 11.1 Å². The highest BCUT2D eigenvalue weighted by Crippen LogP contribution is 2.40. The first-order valence-electron chi connectivity index (χ1n) is 9.53. The maximum atomic E-state index is 13.3. The molecule has 0 fully saturated rings. The summed E-state index contributed by atoms with van der Waals surface area (Å²) < 4.78 is 16.7. The summed E-state index contributed by atoms with van der Waals surface area (Å²) in [6.07, 6.45) is 0. The first-order chi connectivity index (χ1) is 14.1. The van der Waals surface area contributed by atoms with Crippen LogP contribution < -0.4 is 19.5 Å². The number of ether oxygens (including phenoxy) is 3. The SMILES string of the molecule is COc1cc(C(=O)NC(C)(c2ccccc2)c2ccccc2)cc2c1OCCO2. The van der Waals surface area contributed by atoms with Gasteiger partial charge < -0.3 is 19.5 Å². The first kappa shape index (κ1) is 18.9. The Morgan fingerprint density at radius 2 is 1.52 bits per heavy atom. The predicted octanol–water partition coefficient (Wildman–Crippen LogP) is 4.16. The van der Waals surface area contributed by atoms with Gasteiger partial charge in [0.2, 0.25) is 5.75 Å². The van der Waals surface area contributed by atoms with E-state index in [1.165, 1.54) is 0 Å². The van der Waals surface area contributed by atoms with E-state index in [-0.39, 0.29) is 5.91 Å². The van der Waals surface area contributed by atoms with Gasteiger partial charge in [0.25, 0.3) is 5.91 Å². The number of hydrogen-bond acceptors (Lipinski definition) is 4. The van der Waals surface area contributed by atoms with Gasteiger partial charge in [0.05, 0.1) is 12.6 Å². The van der Waals surface area contributed by atoms with Crippen LogP contribution in [0.25, 0.3) is 0 Å². The van der Waals surface area contributed by atoms with Crippen LogP contribution in [0.3, 0.4) is 0 Å². The average Bonchev–Trinajstić information content (AvgIpc) is 2.79. The molecule has 5 heteroatoms. The number of methoxy groups -OCH3 is 1. The summed E-state index contributed by atoms with van der Waals surface area (Å²) in [5, 5.41) is 3.21. The van der Waals surface area contributed by atoms with Crippen molar-refractivity contribution in [1.29, 1.82) is 0 Å². The molecular weight excluding hydrogens is 366 g/mol. The molecule has 5 nitrogen and oxygen atoms in total. The Labute approximate surface area is 170 Å². The second-order valence-electron chi connectivity index (χ2n) is 7.01. The lowest BCUT2D eigenvalue weighted by Crippen LogP contribution is -2.44. The maximum absolute atomic E-state index is 13.3. The van der Waals surface area contributed by atoms with Crippen LogP contribution in [0.5, 0.6) is 17.2 Å². The largest absolute Gasteiger partial charge is 0.493 e. The van der Waals surface area contributed by atoms with Crippen molar-refractivity contribution >= 4 is 5.91 Å². The standard InChI is InChI=1S/C24H23NO4/c1-24(18-9-5-3-6-10-18,19-11-7-4-8-12-19)25-23(26)17-15-20(27-2)22-21(16-17)28-13-14-29-22/h3-12,15-16H,13-14H2,1-2H3,(H,25,26). The fraction of sp³-hybridized carbons (Fsp3) is 0.208. The summed E-state index contributed by atoms with van der Waals surface area (Å²) in [5.74, 6) is 1.30. The van der Waals surface area contributed by atoms with Crippen LogP contribution in [0.2, 0.25) is 0 Å². The summed E-state index contributed by atoms with van der Waals surface area (Å²) >= 11 is 0. The molecule has 0 saturated carbocycles. The Bertz CT molecular complexity index is 945. The van der Waals surface area contributed by atoms with Crippen LogP contribution in [0.15, 0.2) is 72.8 Å². The van der Waals surface area contributed by atoms with Gasteiger partial charge in [0, 0.05) is 5.56 Å². The van der Waals surface area contributed by atoms with Gasteiger partial charge in [0.15, 0.2) is 11.5 Å². The number of hydrogen-bond donors (Lipinski definition) is 1. The van der Waals surface area contributed by atoms with Crippen molar-refractivity contribution in [3.63, 3.8) is 0 Å². The number of carbonyl (C=O) groups excluding carboxylic acids is 1. The van der Waals surface area contributed by atoms with E-state index < -0.39 is 5.54 Å². The van der Waals surface area contributed by atoms with Gasteiger partial charge in [-0.05, 0) is 30.2 Å². The lowest BCUT2D eigenvalue weighted by molar-refractivity contribution is 0.0917. The van der Waals surface area contributed by atoms with E-state index in [0.29, 0.717) is 36.0 Å². The fourth-order valence-corrected chi connectivity index (χ4v) is 3.56. The summed E-state index contributed by atoms with van der Waals surface area (Å²) in [6.45, 7) is 2.90. The van der Waals surface area contributed by atoms with Gasteiger partial charge in [0.1, 0.15) is 13.2 Å². The van der Waals surface area contributed by atoms with Crippen molar-refractivity contribution in [2.45, 2.75) is 12.5 Å². The van der Waals surface area contributed by atoms with Crippen molar-refractivity contribution < 1.29 is 19.0 Å². The monoisotopic (exact) mass is 389 g/mol. The number of fused-ring (bicyclic) bond motifs is 1.